The monoisotopic (exact) mass is 252 g/mol. The molecule has 1 aliphatic rings. The molecule has 0 bridgehead atoms. The fourth-order valence-electron chi connectivity index (χ4n) is 2.70. The minimum Gasteiger partial charge on any atom is -0.117 e. The summed E-state index contributed by atoms with van der Waals surface area (Å²) in [6.45, 7) is 3.88. The predicted octanol–water partition coefficient (Wildman–Crippen LogP) is 5.92. The molecule has 0 unspecified atom stereocenters. The highest BCUT2D eigenvalue weighted by molar-refractivity contribution is 5.66. The van der Waals surface area contributed by atoms with Crippen molar-refractivity contribution in [1.82, 2.24) is 0 Å². The van der Waals surface area contributed by atoms with Gasteiger partial charge in [-0.3, -0.25) is 0 Å². The topological polar surface area (TPSA) is 0 Å². The van der Waals surface area contributed by atoms with E-state index in [0.29, 0.717) is 0 Å². The van der Waals surface area contributed by atoms with Crippen LogP contribution in [0.4, 0.5) is 0 Å². The third kappa shape index (κ3) is 4.58. The van der Waals surface area contributed by atoms with Gasteiger partial charge in [-0.25, -0.2) is 0 Å². The van der Waals surface area contributed by atoms with Crippen LogP contribution < -0.4 is 0 Å². The van der Waals surface area contributed by atoms with E-state index in [1.807, 2.05) is 6.08 Å². The molecule has 0 heterocycles. The van der Waals surface area contributed by atoms with Crippen molar-refractivity contribution in [2.45, 2.75) is 51.4 Å². The van der Waals surface area contributed by atoms with Crippen molar-refractivity contribution in [2.75, 3.05) is 0 Å². The minimum absolute atomic E-state index is 0.910. The summed E-state index contributed by atoms with van der Waals surface area (Å²) in [5.74, 6) is 0. The summed E-state index contributed by atoms with van der Waals surface area (Å²) >= 11 is 0. The first-order valence-corrected chi connectivity index (χ1v) is 7.54. The first-order chi connectivity index (χ1) is 9.40. The second kappa shape index (κ2) is 7.81. The molecule has 0 aromatic heterocycles. The van der Waals surface area contributed by atoms with Gasteiger partial charge in [-0.15, -0.1) is 12.3 Å². The molecule has 0 N–H and O–H groups in total. The SMILES string of the molecule is C=CCC(=C=C1CCCCCCC1)c1ccccc1. The zero-order valence-corrected chi connectivity index (χ0v) is 11.8. The molecule has 100 valence electrons. The van der Waals surface area contributed by atoms with Crippen LogP contribution in [0.15, 0.2) is 54.3 Å². The van der Waals surface area contributed by atoms with E-state index in [4.69, 9.17) is 0 Å². The molecule has 2 rings (SSSR count). The maximum Gasteiger partial charge on any atom is 0.00491 e. The lowest BCUT2D eigenvalue weighted by molar-refractivity contribution is 0.569. The quantitative estimate of drug-likeness (QED) is 0.463. The molecule has 1 aromatic rings. The maximum absolute atomic E-state index is 3.88. The first-order valence-electron chi connectivity index (χ1n) is 7.54. The van der Waals surface area contributed by atoms with E-state index >= 15 is 0 Å². The number of rotatable bonds is 3. The number of hydrogen-bond acceptors (Lipinski definition) is 0. The molecule has 0 saturated heterocycles. The zero-order chi connectivity index (χ0) is 13.3. The molecule has 0 spiro atoms. The molecular formula is C19H24. The van der Waals surface area contributed by atoms with Crippen molar-refractivity contribution >= 4 is 5.57 Å². The lowest BCUT2D eigenvalue weighted by Gasteiger charge is -2.10. The van der Waals surface area contributed by atoms with Crippen molar-refractivity contribution in [3.63, 3.8) is 0 Å². The second-order valence-corrected chi connectivity index (χ2v) is 5.33. The standard InChI is InChI=1S/C19H24/c1-2-11-19(18-14-9-6-10-15-18)16-17-12-7-4-3-5-8-13-17/h2,6,9-10,14-15H,1,3-5,7-8,11-13H2. The van der Waals surface area contributed by atoms with Crippen molar-refractivity contribution in [2.24, 2.45) is 0 Å². The normalized spacial score (nSPS) is 16.1. The summed E-state index contributed by atoms with van der Waals surface area (Å²) in [6.07, 6.45) is 12.2. The van der Waals surface area contributed by atoms with Crippen LogP contribution in [0.1, 0.15) is 56.9 Å². The van der Waals surface area contributed by atoms with Crippen LogP contribution >= 0.6 is 0 Å². The van der Waals surface area contributed by atoms with Gasteiger partial charge in [-0.05, 0) is 43.2 Å². The Morgan fingerprint density at radius 2 is 1.63 bits per heavy atom. The average molecular weight is 252 g/mol. The van der Waals surface area contributed by atoms with Crippen LogP contribution in [0.3, 0.4) is 0 Å². The number of benzene rings is 1. The Morgan fingerprint density at radius 3 is 2.26 bits per heavy atom. The molecule has 1 fully saturated rings. The van der Waals surface area contributed by atoms with Crippen LogP contribution in [-0.4, -0.2) is 0 Å². The Hall–Kier alpha value is -1.52. The van der Waals surface area contributed by atoms with Gasteiger partial charge < -0.3 is 0 Å². The van der Waals surface area contributed by atoms with E-state index in [-0.39, 0.29) is 0 Å². The van der Waals surface area contributed by atoms with Crippen molar-refractivity contribution in [1.29, 1.82) is 0 Å². The van der Waals surface area contributed by atoms with Crippen LogP contribution in [0.2, 0.25) is 0 Å². The van der Waals surface area contributed by atoms with Crippen LogP contribution in [0.25, 0.3) is 5.57 Å². The smallest absolute Gasteiger partial charge is 0.00491 e. The van der Waals surface area contributed by atoms with Crippen molar-refractivity contribution in [3.05, 3.63) is 59.9 Å². The van der Waals surface area contributed by atoms with Gasteiger partial charge in [-0.2, -0.15) is 0 Å². The zero-order valence-electron chi connectivity index (χ0n) is 11.8. The molecule has 0 aliphatic heterocycles. The van der Waals surface area contributed by atoms with Crippen LogP contribution in [-0.2, 0) is 0 Å². The Labute approximate surface area is 117 Å². The van der Waals surface area contributed by atoms with E-state index < -0.39 is 0 Å². The first kappa shape index (κ1) is 13.9. The molecule has 1 aromatic carbocycles. The molecule has 1 saturated carbocycles. The van der Waals surface area contributed by atoms with Gasteiger partial charge in [0.1, 0.15) is 0 Å². The third-order valence-corrected chi connectivity index (χ3v) is 3.76. The van der Waals surface area contributed by atoms with Crippen molar-refractivity contribution in [3.8, 4) is 0 Å². The van der Waals surface area contributed by atoms with Crippen LogP contribution in [0.5, 0.6) is 0 Å². The number of allylic oxidation sites excluding steroid dienone is 2. The van der Waals surface area contributed by atoms with E-state index in [0.717, 1.165) is 6.42 Å². The summed E-state index contributed by atoms with van der Waals surface area (Å²) < 4.78 is 0. The summed E-state index contributed by atoms with van der Waals surface area (Å²) in [5.41, 5.74) is 7.80. The summed E-state index contributed by atoms with van der Waals surface area (Å²) in [6, 6.07) is 10.6. The highest BCUT2D eigenvalue weighted by Crippen LogP contribution is 2.24. The maximum atomic E-state index is 3.88. The van der Waals surface area contributed by atoms with Gasteiger partial charge in [0.2, 0.25) is 0 Å². The predicted molar refractivity (Wildman–Crippen MR) is 84.0 cm³/mol. The molecular weight excluding hydrogens is 228 g/mol. The van der Waals surface area contributed by atoms with E-state index in [1.54, 1.807) is 0 Å². The van der Waals surface area contributed by atoms with E-state index in [1.165, 1.54) is 61.7 Å². The number of hydrogen-bond donors (Lipinski definition) is 0. The molecule has 19 heavy (non-hydrogen) atoms. The summed E-state index contributed by atoms with van der Waals surface area (Å²) in [7, 11) is 0. The van der Waals surface area contributed by atoms with E-state index in [2.05, 4.69) is 42.6 Å². The van der Waals surface area contributed by atoms with Gasteiger partial charge in [0, 0.05) is 5.57 Å². The largest absolute Gasteiger partial charge is 0.117 e. The fraction of sp³-hybridized carbons (Fsp3) is 0.421. The van der Waals surface area contributed by atoms with E-state index in [9.17, 15) is 0 Å². The van der Waals surface area contributed by atoms with Gasteiger partial charge in [-0.1, -0.05) is 55.7 Å². The Kier molecular flexibility index (Phi) is 5.72. The molecule has 0 amide bonds. The van der Waals surface area contributed by atoms with Crippen molar-refractivity contribution < 1.29 is 0 Å². The van der Waals surface area contributed by atoms with Gasteiger partial charge in [0.25, 0.3) is 0 Å². The molecule has 0 radical (unpaired) electrons. The molecule has 0 atom stereocenters. The molecule has 0 nitrogen and oxygen atoms in total. The Bertz CT molecular complexity index is 448. The molecule has 0 heteroatoms. The minimum atomic E-state index is 0.910. The summed E-state index contributed by atoms with van der Waals surface area (Å²) in [4.78, 5) is 0. The highest BCUT2D eigenvalue weighted by Gasteiger charge is 2.04. The lowest BCUT2D eigenvalue weighted by atomic mass is 9.94. The van der Waals surface area contributed by atoms with Gasteiger partial charge in [0.15, 0.2) is 0 Å². The average Bonchev–Trinajstić information content (AvgIpc) is 2.42. The Balaban J connectivity index is 2.29. The summed E-state index contributed by atoms with van der Waals surface area (Å²) in [5, 5.41) is 0. The van der Waals surface area contributed by atoms with Crippen LogP contribution in [0, 0.1) is 0 Å². The fourth-order valence-corrected chi connectivity index (χ4v) is 2.70. The highest BCUT2D eigenvalue weighted by atomic mass is 14.1. The van der Waals surface area contributed by atoms with Gasteiger partial charge in [0.05, 0.1) is 0 Å². The second-order valence-electron chi connectivity index (χ2n) is 5.33. The Morgan fingerprint density at radius 1 is 1.00 bits per heavy atom. The third-order valence-electron chi connectivity index (χ3n) is 3.76. The van der Waals surface area contributed by atoms with Gasteiger partial charge >= 0.3 is 0 Å². The lowest BCUT2D eigenvalue weighted by Crippen LogP contribution is -1.91. The molecule has 1 aliphatic carbocycles.